The monoisotopic (exact) mass is 285 g/mol. The minimum atomic E-state index is -0.509. The molecule has 0 saturated heterocycles. The highest BCUT2D eigenvalue weighted by Gasteiger charge is 2.18. The number of carbonyl (C=O) groups excluding carboxylic acids is 1. The summed E-state index contributed by atoms with van der Waals surface area (Å²) < 4.78 is 0. The Labute approximate surface area is 121 Å². The third-order valence-electron chi connectivity index (χ3n) is 3.23. The lowest BCUT2D eigenvalue weighted by molar-refractivity contribution is -0.384. The van der Waals surface area contributed by atoms with E-state index in [1.807, 2.05) is 6.92 Å². The summed E-state index contributed by atoms with van der Waals surface area (Å²) in [6.07, 6.45) is 0. The van der Waals surface area contributed by atoms with E-state index in [-0.39, 0.29) is 11.4 Å². The van der Waals surface area contributed by atoms with Gasteiger partial charge >= 0.3 is 0 Å². The maximum Gasteiger partial charge on any atom is 0.293 e. The predicted octanol–water partition coefficient (Wildman–Crippen LogP) is 3.05. The molecule has 0 bridgehead atoms. The summed E-state index contributed by atoms with van der Waals surface area (Å²) in [5, 5.41) is 13.7. The number of nitro groups is 1. The van der Waals surface area contributed by atoms with Crippen molar-refractivity contribution >= 4 is 23.0 Å². The minimum absolute atomic E-state index is 0.123. The fraction of sp³-hybridized carbons (Fsp3) is 0.133. The summed E-state index contributed by atoms with van der Waals surface area (Å²) in [5.74, 6) is -0.415. The molecule has 2 rings (SSSR count). The van der Waals surface area contributed by atoms with Crippen LogP contribution in [0.15, 0.2) is 36.4 Å². The zero-order valence-corrected chi connectivity index (χ0v) is 11.7. The topological polar surface area (TPSA) is 98.3 Å². The fourth-order valence-electron chi connectivity index (χ4n) is 1.88. The molecule has 0 fully saturated rings. The maximum absolute atomic E-state index is 12.1. The number of nitro benzene ring substituents is 1. The van der Waals surface area contributed by atoms with Gasteiger partial charge in [-0.05, 0) is 55.3 Å². The Balaban J connectivity index is 2.34. The summed E-state index contributed by atoms with van der Waals surface area (Å²) in [7, 11) is 0. The van der Waals surface area contributed by atoms with Crippen LogP contribution in [0.4, 0.5) is 17.1 Å². The first-order valence-corrected chi connectivity index (χ1v) is 6.31. The highest BCUT2D eigenvalue weighted by molar-refractivity contribution is 6.05. The molecule has 0 radical (unpaired) electrons. The van der Waals surface area contributed by atoms with Gasteiger partial charge in [-0.2, -0.15) is 0 Å². The fourth-order valence-corrected chi connectivity index (χ4v) is 1.88. The quantitative estimate of drug-likeness (QED) is 0.514. The number of aryl methyl sites for hydroxylation is 2. The van der Waals surface area contributed by atoms with Gasteiger partial charge in [0.1, 0.15) is 5.69 Å². The van der Waals surface area contributed by atoms with Crippen LogP contribution in [0.1, 0.15) is 21.5 Å². The van der Waals surface area contributed by atoms with Crippen LogP contribution in [0, 0.1) is 24.0 Å². The molecule has 0 aromatic heterocycles. The number of nitrogens with zero attached hydrogens (tertiary/aromatic N) is 1. The molecule has 0 aliphatic rings. The Morgan fingerprint density at radius 2 is 1.71 bits per heavy atom. The summed E-state index contributed by atoms with van der Waals surface area (Å²) in [4.78, 5) is 22.7. The van der Waals surface area contributed by atoms with Crippen LogP contribution < -0.4 is 11.1 Å². The van der Waals surface area contributed by atoms with E-state index in [9.17, 15) is 14.9 Å². The van der Waals surface area contributed by atoms with Crippen LogP contribution in [0.3, 0.4) is 0 Å². The number of hydrogen-bond acceptors (Lipinski definition) is 4. The van der Waals surface area contributed by atoms with Gasteiger partial charge in [-0.15, -0.1) is 0 Å². The van der Waals surface area contributed by atoms with Crippen molar-refractivity contribution < 1.29 is 9.72 Å². The first kappa shape index (κ1) is 14.5. The van der Waals surface area contributed by atoms with Crippen LogP contribution in [-0.4, -0.2) is 10.8 Å². The van der Waals surface area contributed by atoms with Gasteiger partial charge in [0.05, 0.1) is 4.92 Å². The maximum atomic E-state index is 12.1. The number of carbonyl (C=O) groups is 1. The van der Waals surface area contributed by atoms with Gasteiger partial charge in [-0.1, -0.05) is 0 Å². The van der Waals surface area contributed by atoms with E-state index in [2.05, 4.69) is 5.32 Å². The lowest BCUT2D eigenvalue weighted by Gasteiger charge is -2.09. The molecule has 2 aromatic rings. The Hall–Kier alpha value is -2.89. The number of nitrogens with two attached hydrogens (primary N) is 1. The Morgan fingerprint density at radius 3 is 2.29 bits per heavy atom. The summed E-state index contributed by atoms with van der Waals surface area (Å²) in [5.41, 5.74) is 8.22. The third-order valence-corrected chi connectivity index (χ3v) is 3.23. The van der Waals surface area contributed by atoms with E-state index in [0.717, 1.165) is 11.1 Å². The van der Waals surface area contributed by atoms with Crippen molar-refractivity contribution in [1.29, 1.82) is 0 Å². The molecule has 6 heteroatoms. The molecule has 3 N–H and O–H groups in total. The van der Waals surface area contributed by atoms with Crippen LogP contribution in [0.2, 0.25) is 0 Å². The molecule has 1 amide bonds. The molecule has 0 heterocycles. The van der Waals surface area contributed by atoms with E-state index >= 15 is 0 Å². The molecule has 108 valence electrons. The van der Waals surface area contributed by atoms with Gasteiger partial charge in [0.2, 0.25) is 0 Å². The van der Waals surface area contributed by atoms with Crippen LogP contribution in [0.25, 0.3) is 0 Å². The van der Waals surface area contributed by atoms with Gasteiger partial charge in [0.15, 0.2) is 0 Å². The Kier molecular flexibility index (Phi) is 3.89. The summed E-state index contributed by atoms with van der Waals surface area (Å²) in [6, 6.07) is 9.39. The largest absolute Gasteiger partial charge is 0.399 e. The predicted molar refractivity (Wildman–Crippen MR) is 81.4 cm³/mol. The van der Waals surface area contributed by atoms with E-state index in [1.165, 1.54) is 6.07 Å². The molecule has 0 unspecified atom stereocenters. The third kappa shape index (κ3) is 3.17. The van der Waals surface area contributed by atoms with E-state index in [4.69, 9.17) is 5.73 Å². The molecule has 2 aromatic carbocycles. The minimum Gasteiger partial charge on any atom is -0.399 e. The lowest BCUT2D eigenvalue weighted by Crippen LogP contribution is -2.13. The van der Waals surface area contributed by atoms with Crippen molar-refractivity contribution in [3.63, 3.8) is 0 Å². The SMILES string of the molecule is Cc1cc(NC(=O)c2ccc(N)cc2)c([N+](=O)[O-])cc1C. The van der Waals surface area contributed by atoms with E-state index in [1.54, 1.807) is 37.3 Å². The Bertz CT molecular complexity index is 709. The second kappa shape index (κ2) is 5.62. The lowest BCUT2D eigenvalue weighted by atomic mass is 10.1. The van der Waals surface area contributed by atoms with Gasteiger partial charge in [0.25, 0.3) is 11.6 Å². The highest BCUT2D eigenvalue weighted by atomic mass is 16.6. The van der Waals surface area contributed by atoms with Crippen molar-refractivity contribution in [2.24, 2.45) is 0 Å². The molecule has 0 spiro atoms. The second-order valence-electron chi connectivity index (χ2n) is 4.79. The van der Waals surface area contributed by atoms with Crippen molar-refractivity contribution in [1.82, 2.24) is 0 Å². The highest BCUT2D eigenvalue weighted by Crippen LogP contribution is 2.28. The van der Waals surface area contributed by atoms with Gasteiger partial charge < -0.3 is 11.1 Å². The number of nitrogen functional groups attached to an aromatic ring is 1. The zero-order chi connectivity index (χ0) is 15.6. The van der Waals surface area contributed by atoms with Gasteiger partial charge in [-0.3, -0.25) is 14.9 Å². The smallest absolute Gasteiger partial charge is 0.293 e. The van der Waals surface area contributed by atoms with Gasteiger partial charge in [0, 0.05) is 17.3 Å². The summed E-state index contributed by atoms with van der Waals surface area (Å²) in [6.45, 7) is 3.62. The van der Waals surface area contributed by atoms with Crippen molar-refractivity contribution in [3.05, 3.63) is 63.2 Å². The van der Waals surface area contributed by atoms with Gasteiger partial charge in [-0.25, -0.2) is 0 Å². The number of nitrogens with one attached hydrogen (secondary N) is 1. The second-order valence-corrected chi connectivity index (χ2v) is 4.79. The van der Waals surface area contributed by atoms with Crippen molar-refractivity contribution in [3.8, 4) is 0 Å². The molecule has 0 atom stereocenters. The molecule has 0 aliphatic heterocycles. The molecule has 0 aliphatic carbocycles. The molecule has 0 saturated carbocycles. The number of hydrogen-bond donors (Lipinski definition) is 2. The molecule has 21 heavy (non-hydrogen) atoms. The first-order valence-electron chi connectivity index (χ1n) is 6.31. The number of amides is 1. The molecular formula is C15H15N3O3. The average molecular weight is 285 g/mol. The number of anilines is 2. The molecule has 6 nitrogen and oxygen atoms in total. The standard InChI is InChI=1S/C15H15N3O3/c1-9-7-13(14(18(20)21)8-10(9)2)17-15(19)11-3-5-12(16)6-4-11/h3-8H,16H2,1-2H3,(H,17,19). The number of rotatable bonds is 3. The summed E-state index contributed by atoms with van der Waals surface area (Å²) >= 11 is 0. The van der Waals surface area contributed by atoms with E-state index in [0.29, 0.717) is 11.3 Å². The van der Waals surface area contributed by atoms with Crippen LogP contribution in [-0.2, 0) is 0 Å². The molecular weight excluding hydrogens is 270 g/mol. The van der Waals surface area contributed by atoms with E-state index < -0.39 is 10.8 Å². The normalized spacial score (nSPS) is 10.2. The Morgan fingerprint density at radius 1 is 1.14 bits per heavy atom. The number of benzene rings is 2. The van der Waals surface area contributed by atoms with Crippen LogP contribution in [0.5, 0.6) is 0 Å². The van der Waals surface area contributed by atoms with Crippen molar-refractivity contribution in [2.45, 2.75) is 13.8 Å². The van der Waals surface area contributed by atoms with Crippen molar-refractivity contribution in [2.75, 3.05) is 11.1 Å². The average Bonchev–Trinajstić information content (AvgIpc) is 2.43. The zero-order valence-electron chi connectivity index (χ0n) is 11.7. The van der Waals surface area contributed by atoms with Crippen LogP contribution >= 0.6 is 0 Å². The first-order chi connectivity index (χ1) is 9.88.